The van der Waals surface area contributed by atoms with E-state index in [2.05, 4.69) is 22.6 Å². The Hall–Kier alpha value is 0.0969. The van der Waals surface area contributed by atoms with Crippen LogP contribution in [-0.4, -0.2) is 10.2 Å². The molecule has 1 rings (SSSR count). The maximum absolute atomic E-state index is 12.6. The molecule has 60 valence electrons. The van der Waals surface area contributed by atoms with Crippen molar-refractivity contribution in [2.45, 2.75) is 12.5 Å². The molecule has 0 heterocycles. The first kappa shape index (κ1) is 9.19. The van der Waals surface area contributed by atoms with Crippen LogP contribution in [0.4, 0.5) is 4.39 Å². The van der Waals surface area contributed by atoms with Gasteiger partial charge in [0.2, 0.25) is 0 Å². The third kappa shape index (κ3) is 2.55. The van der Waals surface area contributed by atoms with Gasteiger partial charge in [-0.2, -0.15) is 0 Å². The van der Waals surface area contributed by atoms with Crippen LogP contribution in [0.2, 0.25) is 6.04 Å². The van der Waals surface area contributed by atoms with Crippen LogP contribution in [0.15, 0.2) is 18.2 Å². The van der Waals surface area contributed by atoms with E-state index in [1.54, 1.807) is 6.07 Å². The van der Waals surface area contributed by atoms with Crippen LogP contribution < -0.4 is 0 Å². The van der Waals surface area contributed by atoms with E-state index < -0.39 is 0 Å². The summed E-state index contributed by atoms with van der Waals surface area (Å²) in [6.45, 7) is 0. The third-order valence-electron chi connectivity index (χ3n) is 1.53. The summed E-state index contributed by atoms with van der Waals surface area (Å²) >= 11 is 2.18. The largest absolute Gasteiger partial charge is 0.207 e. The number of rotatable bonds is 2. The highest BCUT2D eigenvalue weighted by atomic mass is 127. The van der Waals surface area contributed by atoms with E-state index in [4.69, 9.17) is 0 Å². The first-order valence-corrected chi connectivity index (χ1v) is 6.17. The van der Waals surface area contributed by atoms with Crippen molar-refractivity contribution < 1.29 is 4.39 Å². The second-order valence-electron chi connectivity index (χ2n) is 2.49. The average Bonchev–Trinajstić information content (AvgIpc) is 1.95. The molecular weight excluding hydrogens is 270 g/mol. The van der Waals surface area contributed by atoms with Crippen molar-refractivity contribution in [3.8, 4) is 0 Å². The second kappa shape index (κ2) is 4.20. The van der Waals surface area contributed by atoms with Gasteiger partial charge >= 0.3 is 0 Å². The molecule has 0 saturated carbocycles. The molecule has 0 aliphatic carbocycles. The number of hydrogen-bond donors (Lipinski definition) is 0. The molecule has 0 aliphatic rings. The highest BCUT2D eigenvalue weighted by Gasteiger charge is 1.98. The Morgan fingerprint density at radius 1 is 1.45 bits per heavy atom. The van der Waals surface area contributed by atoms with Crippen molar-refractivity contribution in [2.24, 2.45) is 0 Å². The van der Waals surface area contributed by atoms with Crippen molar-refractivity contribution >= 4 is 32.8 Å². The lowest BCUT2D eigenvalue weighted by Gasteiger charge is -2.01. The molecule has 0 spiro atoms. The molecule has 0 atom stereocenters. The molecule has 0 bridgehead atoms. The molecule has 0 radical (unpaired) electrons. The normalized spacial score (nSPS) is 10.4. The number of aryl methyl sites for hydroxylation is 1. The van der Waals surface area contributed by atoms with Crippen LogP contribution in [0, 0.1) is 9.39 Å². The number of benzene rings is 1. The molecule has 3 heteroatoms. The van der Waals surface area contributed by atoms with Gasteiger partial charge in [0, 0.05) is 13.8 Å². The van der Waals surface area contributed by atoms with Crippen LogP contribution in [0.1, 0.15) is 5.56 Å². The molecule has 1 aromatic carbocycles. The summed E-state index contributed by atoms with van der Waals surface area (Å²) in [5, 5.41) is 0. The standard InChI is InChI=1S/C8H10FISi/c9-7-2-1-6(3-4-11)8(10)5-7/h1-2,5H,3-4H2,11H3. The lowest BCUT2D eigenvalue weighted by molar-refractivity contribution is 0.626. The average molecular weight is 280 g/mol. The van der Waals surface area contributed by atoms with E-state index in [9.17, 15) is 4.39 Å². The van der Waals surface area contributed by atoms with Gasteiger partial charge in [-0.15, -0.1) is 0 Å². The summed E-state index contributed by atoms with van der Waals surface area (Å²) < 4.78 is 13.6. The van der Waals surface area contributed by atoms with Crippen LogP contribution in [0.25, 0.3) is 0 Å². The van der Waals surface area contributed by atoms with Gasteiger partial charge in [-0.05, 0) is 46.7 Å². The van der Waals surface area contributed by atoms with Crippen LogP contribution in [0.3, 0.4) is 0 Å². The van der Waals surface area contributed by atoms with Crippen molar-refractivity contribution in [3.05, 3.63) is 33.1 Å². The zero-order chi connectivity index (χ0) is 8.27. The molecule has 0 N–H and O–H groups in total. The van der Waals surface area contributed by atoms with Crippen LogP contribution >= 0.6 is 22.6 Å². The minimum absolute atomic E-state index is 0.133. The van der Waals surface area contributed by atoms with Gasteiger partial charge in [0.1, 0.15) is 5.82 Å². The summed E-state index contributed by atoms with van der Waals surface area (Å²) in [7, 11) is 1.22. The molecule has 1 aromatic rings. The van der Waals surface area contributed by atoms with Crippen molar-refractivity contribution in [1.82, 2.24) is 0 Å². The lowest BCUT2D eigenvalue weighted by atomic mass is 10.2. The summed E-state index contributed by atoms with van der Waals surface area (Å²) in [5.41, 5.74) is 1.28. The van der Waals surface area contributed by atoms with Gasteiger partial charge in [-0.3, -0.25) is 0 Å². The van der Waals surface area contributed by atoms with Crippen LogP contribution in [0.5, 0.6) is 0 Å². The highest BCUT2D eigenvalue weighted by molar-refractivity contribution is 14.1. The van der Waals surface area contributed by atoms with E-state index >= 15 is 0 Å². The monoisotopic (exact) mass is 280 g/mol. The minimum atomic E-state index is -0.133. The third-order valence-corrected chi connectivity index (χ3v) is 3.04. The van der Waals surface area contributed by atoms with Crippen LogP contribution in [-0.2, 0) is 6.42 Å². The van der Waals surface area contributed by atoms with Gasteiger partial charge in [-0.25, -0.2) is 4.39 Å². The first-order valence-electron chi connectivity index (χ1n) is 3.68. The maximum atomic E-state index is 12.6. The summed E-state index contributed by atoms with van der Waals surface area (Å²) in [4.78, 5) is 0. The highest BCUT2D eigenvalue weighted by Crippen LogP contribution is 2.14. The SMILES string of the molecule is Fc1ccc(CC[SiH3])c(I)c1. The molecule has 0 saturated heterocycles. The van der Waals surface area contributed by atoms with E-state index in [0.29, 0.717) is 0 Å². The van der Waals surface area contributed by atoms with Gasteiger partial charge in [0.15, 0.2) is 0 Å². The molecule has 0 aromatic heterocycles. The molecular formula is C8H10FISi. The van der Waals surface area contributed by atoms with E-state index in [-0.39, 0.29) is 5.82 Å². The van der Waals surface area contributed by atoms with Gasteiger partial charge in [0.05, 0.1) is 0 Å². The quantitative estimate of drug-likeness (QED) is 0.572. The Balaban J connectivity index is 2.90. The fourth-order valence-corrected chi connectivity index (χ4v) is 2.28. The zero-order valence-corrected chi connectivity index (χ0v) is 10.6. The summed E-state index contributed by atoms with van der Waals surface area (Å²) in [5.74, 6) is -0.133. The Morgan fingerprint density at radius 2 is 2.18 bits per heavy atom. The summed E-state index contributed by atoms with van der Waals surface area (Å²) in [6.07, 6.45) is 1.10. The van der Waals surface area contributed by atoms with E-state index in [1.165, 1.54) is 27.9 Å². The van der Waals surface area contributed by atoms with Gasteiger partial charge < -0.3 is 0 Å². The number of hydrogen-bond acceptors (Lipinski definition) is 0. The fourth-order valence-electron chi connectivity index (χ4n) is 0.994. The first-order chi connectivity index (χ1) is 5.24. The predicted molar refractivity (Wildman–Crippen MR) is 57.6 cm³/mol. The molecule has 0 aliphatic heterocycles. The molecule has 0 nitrogen and oxygen atoms in total. The Morgan fingerprint density at radius 3 is 2.73 bits per heavy atom. The fraction of sp³-hybridized carbons (Fsp3) is 0.250. The lowest BCUT2D eigenvalue weighted by Crippen LogP contribution is -1.89. The van der Waals surface area contributed by atoms with E-state index in [0.717, 1.165) is 9.99 Å². The topological polar surface area (TPSA) is 0 Å². The second-order valence-corrected chi connectivity index (χ2v) is 4.65. The smallest absolute Gasteiger partial charge is 0.124 e. The maximum Gasteiger partial charge on any atom is 0.124 e. The molecule has 0 fully saturated rings. The zero-order valence-electron chi connectivity index (χ0n) is 6.40. The van der Waals surface area contributed by atoms with Crippen molar-refractivity contribution in [2.75, 3.05) is 0 Å². The van der Waals surface area contributed by atoms with Crippen molar-refractivity contribution in [1.29, 1.82) is 0 Å². The predicted octanol–water partition coefficient (Wildman–Crippen LogP) is 1.76. The van der Waals surface area contributed by atoms with Gasteiger partial charge in [0.25, 0.3) is 0 Å². The minimum Gasteiger partial charge on any atom is -0.207 e. The summed E-state index contributed by atoms with van der Waals surface area (Å²) in [6, 6.07) is 6.26. The van der Waals surface area contributed by atoms with Gasteiger partial charge in [-0.1, -0.05) is 12.1 Å². The Kier molecular flexibility index (Phi) is 3.51. The van der Waals surface area contributed by atoms with E-state index in [1.807, 2.05) is 6.07 Å². The van der Waals surface area contributed by atoms with Crippen molar-refractivity contribution in [3.63, 3.8) is 0 Å². The molecule has 11 heavy (non-hydrogen) atoms. The molecule has 0 unspecified atom stereocenters. The Bertz CT molecular complexity index is 250. The molecule has 0 amide bonds. The number of halogens is 2. The Labute approximate surface area is 82.8 Å².